The number of amides is 1. The topological polar surface area (TPSA) is 83.5 Å². The van der Waals surface area contributed by atoms with E-state index in [-0.39, 0.29) is 18.9 Å². The molecule has 0 radical (unpaired) electrons. The number of hydrogen-bond acceptors (Lipinski definition) is 8. The molecule has 5 rings (SSSR count). The molecule has 0 bridgehead atoms. The van der Waals surface area contributed by atoms with E-state index >= 15 is 0 Å². The van der Waals surface area contributed by atoms with E-state index in [4.69, 9.17) is 14.5 Å². The first kappa shape index (κ1) is 29.1. The third kappa shape index (κ3) is 7.09. The maximum absolute atomic E-state index is 13.7. The van der Waals surface area contributed by atoms with Gasteiger partial charge in [-0.05, 0) is 34.9 Å². The molecule has 216 valence electrons. The van der Waals surface area contributed by atoms with Crippen LogP contribution in [0.4, 0.5) is 0 Å². The van der Waals surface area contributed by atoms with E-state index in [0.717, 1.165) is 54.8 Å². The third-order valence-electron chi connectivity index (χ3n) is 7.55. The predicted octanol–water partition coefficient (Wildman–Crippen LogP) is 4.97. The standard InChI is InChI=1S/C32H38N4O4S/c1-22(2)25-9-11-26(12-10-25)30-29(31(38)40-20-24-7-5-4-6-8-24)23(3)34-32-36(30)27(21-41-32)19-28(37)33-13-14-35-15-17-39-18-16-35/h4-12,21-22,30H,13-20H2,1-3H3,(H,33,37). The summed E-state index contributed by atoms with van der Waals surface area (Å²) < 4.78 is 11.2. The number of carbonyl (C=O) groups excluding carboxylic acids is 2. The predicted molar refractivity (Wildman–Crippen MR) is 162 cm³/mol. The number of carbonyl (C=O) groups is 2. The van der Waals surface area contributed by atoms with Gasteiger partial charge in [-0.3, -0.25) is 9.69 Å². The second-order valence-corrected chi connectivity index (χ2v) is 11.6. The van der Waals surface area contributed by atoms with E-state index in [0.29, 0.717) is 23.7 Å². The quantitative estimate of drug-likeness (QED) is 0.402. The molecule has 3 aliphatic rings. The zero-order valence-corrected chi connectivity index (χ0v) is 24.8. The Morgan fingerprint density at radius 1 is 1.10 bits per heavy atom. The summed E-state index contributed by atoms with van der Waals surface area (Å²) in [4.78, 5) is 35.8. The van der Waals surface area contributed by atoms with Crippen molar-refractivity contribution in [3.63, 3.8) is 0 Å². The summed E-state index contributed by atoms with van der Waals surface area (Å²) in [6.07, 6.45) is 0.196. The number of morpholine rings is 1. The molecule has 1 atom stereocenters. The van der Waals surface area contributed by atoms with Gasteiger partial charge in [-0.25, -0.2) is 9.79 Å². The van der Waals surface area contributed by atoms with Crippen molar-refractivity contribution in [3.8, 4) is 0 Å². The molecule has 0 aliphatic carbocycles. The van der Waals surface area contributed by atoms with Crippen LogP contribution in [0.15, 0.2) is 82.0 Å². The van der Waals surface area contributed by atoms with Crippen molar-refractivity contribution in [2.24, 2.45) is 4.99 Å². The number of ether oxygens (including phenoxy) is 2. The number of esters is 1. The molecule has 0 saturated carbocycles. The highest BCUT2D eigenvalue weighted by Crippen LogP contribution is 2.45. The van der Waals surface area contributed by atoms with Crippen LogP contribution in [-0.4, -0.2) is 66.2 Å². The lowest BCUT2D eigenvalue weighted by Gasteiger charge is -2.36. The number of benzene rings is 2. The second kappa shape index (κ2) is 13.5. The molecule has 1 fully saturated rings. The smallest absolute Gasteiger partial charge is 0.338 e. The molecule has 1 unspecified atom stereocenters. The number of rotatable bonds is 10. The van der Waals surface area contributed by atoms with Gasteiger partial charge in [0.2, 0.25) is 5.91 Å². The van der Waals surface area contributed by atoms with Gasteiger partial charge in [-0.15, -0.1) is 0 Å². The van der Waals surface area contributed by atoms with Crippen LogP contribution in [-0.2, 0) is 25.7 Å². The minimum Gasteiger partial charge on any atom is -0.457 e. The van der Waals surface area contributed by atoms with Crippen LogP contribution in [0.3, 0.4) is 0 Å². The lowest BCUT2D eigenvalue weighted by Crippen LogP contribution is -2.42. The highest BCUT2D eigenvalue weighted by atomic mass is 32.2. The average Bonchev–Trinajstić information content (AvgIpc) is 3.37. The van der Waals surface area contributed by atoms with Crippen molar-refractivity contribution in [3.05, 3.63) is 93.7 Å². The Labute approximate surface area is 246 Å². The van der Waals surface area contributed by atoms with Gasteiger partial charge in [0, 0.05) is 31.9 Å². The zero-order valence-electron chi connectivity index (χ0n) is 24.0. The Hall–Kier alpha value is -3.40. The molecule has 0 spiro atoms. The number of nitrogens with one attached hydrogen (secondary N) is 1. The van der Waals surface area contributed by atoms with E-state index < -0.39 is 12.0 Å². The Morgan fingerprint density at radius 3 is 2.54 bits per heavy atom. The highest BCUT2D eigenvalue weighted by molar-refractivity contribution is 8.16. The molecule has 3 aliphatic heterocycles. The molecular weight excluding hydrogens is 536 g/mol. The molecule has 2 aromatic rings. The van der Waals surface area contributed by atoms with E-state index in [2.05, 4.69) is 48.3 Å². The minimum atomic E-state index is -0.450. The van der Waals surface area contributed by atoms with Crippen LogP contribution < -0.4 is 5.32 Å². The van der Waals surface area contributed by atoms with Gasteiger partial charge in [-0.2, -0.15) is 0 Å². The van der Waals surface area contributed by atoms with Crippen LogP contribution in [0.5, 0.6) is 0 Å². The first-order valence-corrected chi connectivity index (χ1v) is 15.1. The molecule has 2 aromatic carbocycles. The Morgan fingerprint density at radius 2 is 1.83 bits per heavy atom. The Kier molecular flexibility index (Phi) is 9.59. The Balaban J connectivity index is 1.35. The summed E-state index contributed by atoms with van der Waals surface area (Å²) in [6, 6.07) is 17.6. The normalized spacial score (nSPS) is 19.1. The summed E-state index contributed by atoms with van der Waals surface area (Å²) in [5, 5.41) is 5.80. The molecule has 1 amide bonds. The summed E-state index contributed by atoms with van der Waals surface area (Å²) in [5.74, 6) is -0.0721. The molecule has 0 aromatic heterocycles. The van der Waals surface area contributed by atoms with Crippen LogP contribution >= 0.6 is 11.8 Å². The van der Waals surface area contributed by atoms with Gasteiger partial charge < -0.3 is 19.7 Å². The average molecular weight is 575 g/mol. The number of fused-ring (bicyclic) bond motifs is 1. The van der Waals surface area contributed by atoms with Gasteiger partial charge >= 0.3 is 5.97 Å². The van der Waals surface area contributed by atoms with E-state index in [1.807, 2.05) is 47.6 Å². The first-order valence-electron chi connectivity index (χ1n) is 14.2. The van der Waals surface area contributed by atoms with Gasteiger partial charge in [-0.1, -0.05) is 80.2 Å². The largest absolute Gasteiger partial charge is 0.457 e. The van der Waals surface area contributed by atoms with Gasteiger partial charge in [0.05, 0.1) is 36.9 Å². The molecule has 3 heterocycles. The number of thioether (sulfide) groups is 1. The second-order valence-electron chi connectivity index (χ2n) is 10.8. The SMILES string of the molecule is CC1=C(C(=O)OCc2ccccc2)C(c2ccc(C(C)C)cc2)N2C(CC(=O)NCCN3CCOCC3)=CSC2=N1. The highest BCUT2D eigenvalue weighted by Gasteiger charge is 2.41. The van der Waals surface area contributed by atoms with Crippen LogP contribution in [0.25, 0.3) is 0 Å². The fourth-order valence-corrected chi connectivity index (χ4v) is 6.18. The first-order chi connectivity index (χ1) is 19.9. The van der Waals surface area contributed by atoms with E-state index in [9.17, 15) is 9.59 Å². The maximum Gasteiger partial charge on any atom is 0.338 e. The lowest BCUT2D eigenvalue weighted by molar-refractivity contribution is -0.141. The van der Waals surface area contributed by atoms with E-state index in [1.54, 1.807) is 0 Å². The molecule has 8 nitrogen and oxygen atoms in total. The van der Waals surface area contributed by atoms with E-state index in [1.165, 1.54) is 17.3 Å². The minimum absolute atomic E-state index is 0.0558. The van der Waals surface area contributed by atoms with Crippen LogP contribution in [0.1, 0.15) is 55.8 Å². The van der Waals surface area contributed by atoms with Crippen LogP contribution in [0, 0.1) is 0 Å². The fourth-order valence-electron chi connectivity index (χ4n) is 5.22. The van der Waals surface area contributed by atoms with Gasteiger partial charge in [0.25, 0.3) is 0 Å². The van der Waals surface area contributed by atoms with Gasteiger partial charge in [0.1, 0.15) is 6.61 Å². The van der Waals surface area contributed by atoms with Crippen molar-refractivity contribution in [2.45, 2.75) is 45.8 Å². The number of nitrogens with zero attached hydrogens (tertiary/aromatic N) is 3. The summed E-state index contributed by atoms with van der Waals surface area (Å²) in [6.45, 7) is 11.0. The number of allylic oxidation sites excluding steroid dienone is 1. The number of amidine groups is 1. The molecule has 41 heavy (non-hydrogen) atoms. The number of hydrogen-bond donors (Lipinski definition) is 1. The zero-order chi connectivity index (χ0) is 28.8. The van der Waals surface area contributed by atoms with Crippen molar-refractivity contribution in [1.29, 1.82) is 0 Å². The molecule has 1 saturated heterocycles. The van der Waals surface area contributed by atoms with Crippen molar-refractivity contribution >= 4 is 28.8 Å². The summed E-state index contributed by atoms with van der Waals surface area (Å²) in [7, 11) is 0. The third-order valence-corrected chi connectivity index (χ3v) is 8.44. The summed E-state index contributed by atoms with van der Waals surface area (Å²) >= 11 is 1.48. The van der Waals surface area contributed by atoms with Crippen molar-refractivity contribution in [2.75, 3.05) is 39.4 Å². The maximum atomic E-state index is 13.7. The molecular formula is C32H38N4O4S. The monoisotopic (exact) mass is 574 g/mol. The van der Waals surface area contributed by atoms with Crippen LogP contribution in [0.2, 0.25) is 0 Å². The lowest BCUT2D eigenvalue weighted by atomic mass is 9.92. The molecule has 1 N–H and O–H groups in total. The molecule has 9 heteroatoms. The summed E-state index contributed by atoms with van der Waals surface area (Å²) in [5.41, 5.74) is 5.03. The van der Waals surface area contributed by atoms with Gasteiger partial charge in [0.15, 0.2) is 5.17 Å². The van der Waals surface area contributed by atoms with Crippen molar-refractivity contribution < 1.29 is 19.1 Å². The number of aliphatic imine (C=N–C) groups is 1. The van der Waals surface area contributed by atoms with Crippen molar-refractivity contribution in [1.82, 2.24) is 15.1 Å². The fraction of sp³-hybridized carbons (Fsp3) is 0.406. The Bertz CT molecular complexity index is 1330.